The quantitative estimate of drug-likeness (QED) is 0.793. The molecule has 0 saturated carbocycles. The highest BCUT2D eigenvalue weighted by Crippen LogP contribution is 2.13. The van der Waals surface area contributed by atoms with Crippen LogP contribution < -0.4 is 5.73 Å². The molecule has 1 heterocycles. The van der Waals surface area contributed by atoms with Crippen LogP contribution in [-0.2, 0) is 6.54 Å². The molecule has 1 aromatic rings. The molecule has 96 valence electrons. The number of aromatic nitrogens is 1. The first kappa shape index (κ1) is 14.1. The molecule has 4 heteroatoms. The number of hydrogen-bond donors (Lipinski definition) is 1. The Kier molecular flexibility index (Phi) is 6.08. The highest BCUT2D eigenvalue weighted by Gasteiger charge is 2.14. The van der Waals surface area contributed by atoms with Gasteiger partial charge in [-0.2, -0.15) is 0 Å². The van der Waals surface area contributed by atoms with E-state index < -0.39 is 0 Å². The zero-order chi connectivity index (χ0) is 12.7. The maximum Gasteiger partial charge on any atom is 0.141 e. The van der Waals surface area contributed by atoms with Crippen molar-refractivity contribution in [1.82, 2.24) is 9.88 Å². The maximum absolute atomic E-state index is 13.1. The van der Waals surface area contributed by atoms with Crippen molar-refractivity contribution in [2.45, 2.75) is 39.3 Å². The van der Waals surface area contributed by atoms with Crippen LogP contribution in [-0.4, -0.2) is 29.0 Å². The van der Waals surface area contributed by atoms with Crippen LogP contribution in [0.1, 0.15) is 32.3 Å². The summed E-state index contributed by atoms with van der Waals surface area (Å²) in [4.78, 5) is 6.18. The fourth-order valence-electron chi connectivity index (χ4n) is 2.14. The summed E-state index contributed by atoms with van der Waals surface area (Å²) in [7, 11) is 0. The van der Waals surface area contributed by atoms with E-state index in [1.54, 1.807) is 12.3 Å². The minimum atomic E-state index is -0.278. The fraction of sp³-hybridized carbons (Fsp3) is 0.615. The van der Waals surface area contributed by atoms with Crippen molar-refractivity contribution in [3.63, 3.8) is 0 Å². The molecule has 17 heavy (non-hydrogen) atoms. The molecule has 0 aliphatic heterocycles. The Morgan fingerprint density at radius 3 is 2.59 bits per heavy atom. The molecular weight excluding hydrogens is 217 g/mol. The summed E-state index contributed by atoms with van der Waals surface area (Å²) in [5.74, 6) is -0.278. The Morgan fingerprint density at radius 1 is 1.35 bits per heavy atom. The predicted molar refractivity (Wildman–Crippen MR) is 68.0 cm³/mol. The standard InChI is InChI=1S/C13H22FN3/c1-3-13(4-2)17(6-5-15)10-11-7-12(14)9-16-8-11/h7-9,13H,3-6,10,15H2,1-2H3. The third kappa shape index (κ3) is 4.40. The highest BCUT2D eigenvalue weighted by atomic mass is 19.1. The summed E-state index contributed by atoms with van der Waals surface area (Å²) in [6, 6.07) is 2.04. The maximum atomic E-state index is 13.1. The smallest absolute Gasteiger partial charge is 0.141 e. The van der Waals surface area contributed by atoms with E-state index in [1.165, 1.54) is 6.20 Å². The van der Waals surface area contributed by atoms with Gasteiger partial charge in [0, 0.05) is 31.9 Å². The summed E-state index contributed by atoms with van der Waals surface area (Å²) in [6.07, 6.45) is 5.11. The van der Waals surface area contributed by atoms with Crippen molar-refractivity contribution in [3.05, 3.63) is 29.8 Å². The van der Waals surface area contributed by atoms with Crippen LogP contribution >= 0.6 is 0 Å². The van der Waals surface area contributed by atoms with Gasteiger partial charge < -0.3 is 5.73 Å². The molecule has 0 radical (unpaired) electrons. The Balaban J connectivity index is 2.71. The number of rotatable bonds is 7. The van der Waals surface area contributed by atoms with Crippen molar-refractivity contribution in [2.24, 2.45) is 5.73 Å². The van der Waals surface area contributed by atoms with Crippen LogP contribution in [0.3, 0.4) is 0 Å². The van der Waals surface area contributed by atoms with Crippen LogP contribution in [0.25, 0.3) is 0 Å². The summed E-state index contributed by atoms with van der Waals surface area (Å²) in [5, 5.41) is 0. The molecule has 0 aromatic carbocycles. The van der Waals surface area contributed by atoms with Gasteiger partial charge in [-0.05, 0) is 24.5 Å². The SMILES string of the molecule is CCC(CC)N(CCN)Cc1cncc(F)c1. The number of nitrogens with zero attached hydrogens (tertiary/aromatic N) is 2. The van der Waals surface area contributed by atoms with Crippen molar-refractivity contribution < 1.29 is 4.39 Å². The van der Waals surface area contributed by atoms with Gasteiger partial charge in [-0.3, -0.25) is 9.88 Å². The first-order chi connectivity index (χ1) is 8.21. The average Bonchev–Trinajstić information content (AvgIpc) is 2.31. The lowest BCUT2D eigenvalue weighted by Crippen LogP contribution is -2.37. The summed E-state index contributed by atoms with van der Waals surface area (Å²) in [6.45, 7) is 6.51. The molecule has 0 bridgehead atoms. The van der Waals surface area contributed by atoms with Gasteiger partial charge in [0.15, 0.2) is 0 Å². The molecule has 0 unspecified atom stereocenters. The lowest BCUT2D eigenvalue weighted by molar-refractivity contribution is 0.182. The van der Waals surface area contributed by atoms with Gasteiger partial charge in [0.25, 0.3) is 0 Å². The second-order valence-electron chi connectivity index (χ2n) is 4.24. The van der Waals surface area contributed by atoms with Gasteiger partial charge in [-0.1, -0.05) is 13.8 Å². The monoisotopic (exact) mass is 239 g/mol. The van der Waals surface area contributed by atoms with E-state index in [9.17, 15) is 4.39 Å². The Hall–Kier alpha value is -1.00. The number of pyridine rings is 1. The van der Waals surface area contributed by atoms with Crippen LogP contribution in [0.2, 0.25) is 0 Å². The van der Waals surface area contributed by atoms with E-state index in [0.717, 1.165) is 24.9 Å². The lowest BCUT2D eigenvalue weighted by Gasteiger charge is -2.29. The van der Waals surface area contributed by atoms with Gasteiger partial charge in [0.1, 0.15) is 5.82 Å². The molecule has 0 aliphatic carbocycles. The number of nitrogens with two attached hydrogens (primary N) is 1. The Labute approximate surface area is 103 Å². The predicted octanol–water partition coefficient (Wildman–Crippen LogP) is 2.17. The van der Waals surface area contributed by atoms with Crippen LogP contribution in [0.4, 0.5) is 4.39 Å². The van der Waals surface area contributed by atoms with E-state index in [1.807, 2.05) is 0 Å². The summed E-state index contributed by atoms with van der Waals surface area (Å²) < 4.78 is 13.1. The van der Waals surface area contributed by atoms with E-state index in [0.29, 0.717) is 19.1 Å². The topological polar surface area (TPSA) is 42.1 Å². The fourth-order valence-corrected chi connectivity index (χ4v) is 2.14. The van der Waals surface area contributed by atoms with Gasteiger partial charge in [-0.25, -0.2) is 4.39 Å². The zero-order valence-corrected chi connectivity index (χ0v) is 10.7. The molecular formula is C13H22FN3. The second-order valence-corrected chi connectivity index (χ2v) is 4.24. The molecule has 0 spiro atoms. The number of halogens is 1. The molecule has 0 aliphatic rings. The average molecular weight is 239 g/mol. The minimum Gasteiger partial charge on any atom is -0.329 e. The molecule has 0 amide bonds. The largest absolute Gasteiger partial charge is 0.329 e. The third-order valence-corrected chi connectivity index (χ3v) is 3.02. The van der Waals surface area contributed by atoms with Crippen molar-refractivity contribution in [3.8, 4) is 0 Å². The van der Waals surface area contributed by atoms with Gasteiger partial charge in [0.2, 0.25) is 0 Å². The molecule has 3 nitrogen and oxygen atoms in total. The van der Waals surface area contributed by atoms with Gasteiger partial charge in [0.05, 0.1) is 6.20 Å². The molecule has 2 N–H and O–H groups in total. The first-order valence-electron chi connectivity index (χ1n) is 6.24. The minimum absolute atomic E-state index is 0.278. The normalized spacial score (nSPS) is 11.4. The van der Waals surface area contributed by atoms with Gasteiger partial charge in [-0.15, -0.1) is 0 Å². The highest BCUT2D eigenvalue weighted by molar-refractivity contribution is 5.10. The first-order valence-corrected chi connectivity index (χ1v) is 6.24. The molecule has 0 atom stereocenters. The molecule has 0 fully saturated rings. The van der Waals surface area contributed by atoms with Gasteiger partial charge >= 0.3 is 0 Å². The Morgan fingerprint density at radius 2 is 2.06 bits per heavy atom. The van der Waals surface area contributed by atoms with Crippen molar-refractivity contribution in [1.29, 1.82) is 0 Å². The third-order valence-electron chi connectivity index (χ3n) is 3.02. The molecule has 1 rings (SSSR count). The van der Waals surface area contributed by atoms with Crippen LogP contribution in [0.15, 0.2) is 18.5 Å². The zero-order valence-electron chi connectivity index (χ0n) is 10.7. The van der Waals surface area contributed by atoms with Crippen molar-refractivity contribution in [2.75, 3.05) is 13.1 Å². The van der Waals surface area contributed by atoms with E-state index in [-0.39, 0.29) is 5.82 Å². The summed E-state index contributed by atoms with van der Waals surface area (Å²) in [5.41, 5.74) is 6.54. The summed E-state index contributed by atoms with van der Waals surface area (Å²) >= 11 is 0. The lowest BCUT2D eigenvalue weighted by atomic mass is 10.1. The molecule has 1 aromatic heterocycles. The second kappa shape index (κ2) is 7.35. The molecule has 0 saturated heterocycles. The Bertz CT molecular complexity index is 326. The van der Waals surface area contributed by atoms with E-state index in [2.05, 4.69) is 23.7 Å². The van der Waals surface area contributed by atoms with Crippen molar-refractivity contribution >= 4 is 0 Å². The van der Waals surface area contributed by atoms with Crippen LogP contribution in [0.5, 0.6) is 0 Å². The van der Waals surface area contributed by atoms with E-state index >= 15 is 0 Å². The van der Waals surface area contributed by atoms with Crippen LogP contribution in [0, 0.1) is 5.82 Å². The van der Waals surface area contributed by atoms with E-state index in [4.69, 9.17) is 5.73 Å². The number of hydrogen-bond acceptors (Lipinski definition) is 3.